The second-order valence-electron chi connectivity index (χ2n) is 7.32. The monoisotopic (exact) mass is 363 g/mol. The fourth-order valence-electron chi connectivity index (χ4n) is 2.92. The van der Waals surface area contributed by atoms with Crippen molar-refractivity contribution >= 4 is 6.09 Å². The maximum Gasteiger partial charge on any atom is 0.405 e. The number of hydrogen-bond acceptors (Lipinski definition) is 2. The number of ether oxygens (including phenoxy) is 1. The summed E-state index contributed by atoms with van der Waals surface area (Å²) < 4.78 is 33.7. The molecular formula is C20H23F2NO3. The first-order chi connectivity index (χ1) is 12.1. The highest BCUT2D eigenvalue weighted by atomic mass is 19.1. The Bertz CT molecular complexity index is 800. The molecule has 0 heterocycles. The predicted octanol–water partition coefficient (Wildman–Crippen LogP) is 5.39. The molecule has 6 heteroatoms. The first-order valence-electron chi connectivity index (χ1n) is 8.24. The Balaban J connectivity index is 2.45. The Kier molecular flexibility index (Phi) is 5.85. The van der Waals surface area contributed by atoms with E-state index in [2.05, 4.69) is 5.32 Å². The summed E-state index contributed by atoms with van der Waals surface area (Å²) in [4.78, 5) is 11.1. The van der Waals surface area contributed by atoms with Crippen molar-refractivity contribution in [1.82, 2.24) is 5.32 Å². The van der Waals surface area contributed by atoms with Crippen molar-refractivity contribution in [2.45, 2.75) is 33.2 Å². The van der Waals surface area contributed by atoms with Crippen LogP contribution in [0.5, 0.6) is 5.75 Å². The smallest absolute Gasteiger partial charge is 0.405 e. The molecule has 0 aliphatic carbocycles. The second kappa shape index (κ2) is 7.72. The Morgan fingerprint density at radius 3 is 2.42 bits per heavy atom. The minimum Gasteiger partial charge on any atom is -0.493 e. The lowest BCUT2D eigenvalue weighted by Gasteiger charge is -2.26. The molecule has 140 valence electrons. The van der Waals surface area contributed by atoms with E-state index in [0.717, 1.165) is 0 Å². The van der Waals surface area contributed by atoms with Crippen molar-refractivity contribution in [2.75, 3.05) is 7.11 Å². The van der Waals surface area contributed by atoms with Gasteiger partial charge in [0.25, 0.3) is 0 Å². The summed E-state index contributed by atoms with van der Waals surface area (Å²) in [5.41, 5.74) is 0.926. The van der Waals surface area contributed by atoms with Crippen LogP contribution < -0.4 is 10.1 Å². The van der Waals surface area contributed by atoms with E-state index >= 15 is 0 Å². The Morgan fingerprint density at radius 2 is 1.88 bits per heavy atom. The van der Waals surface area contributed by atoms with Crippen LogP contribution in [0, 0.1) is 17.0 Å². The van der Waals surface area contributed by atoms with Crippen molar-refractivity contribution in [3.05, 3.63) is 53.6 Å². The molecule has 1 amide bonds. The zero-order valence-corrected chi connectivity index (χ0v) is 15.3. The van der Waals surface area contributed by atoms with Gasteiger partial charge < -0.3 is 15.2 Å². The Morgan fingerprint density at radius 1 is 1.19 bits per heavy atom. The number of carbonyl (C=O) groups is 1. The van der Waals surface area contributed by atoms with Gasteiger partial charge in [0.2, 0.25) is 0 Å². The van der Waals surface area contributed by atoms with Gasteiger partial charge in [0.1, 0.15) is 5.82 Å². The summed E-state index contributed by atoms with van der Waals surface area (Å²) in [6.07, 6.45) is -0.784. The highest BCUT2D eigenvalue weighted by Crippen LogP contribution is 2.35. The third kappa shape index (κ3) is 4.71. The van der Waals surface area contributed by atoms with Gasteiger partial charge in [-0.3, -0.25) is 0 Å². The molecule has 2 N–H and O–H groups in total. The molecule has 0 aliphatic heterocycles. The highest BCUT2D eigenvalue weighted by molar-refractivity contribution is 5.71. The molecule has 2 aromatic carbocycles. The van der Waals surface area contributed by atoms with Crippen LogP contribution in [-0.2, 0) is 0 Å². The van der Waals surface area contributed by atoms with Gasteiger partial charge in [0.05, 0.1) is 13.2 Å². The van der Waals surface area contributed by atoms with Gasteiger partial charge in [0, 0.05) is 11.1 Å². The maximum atomic E-state index is 14.8. The van der Waals surface area contributed by atoms with E-state index in [1.165, 1.54) is 31.4 Å². The Labute approximate surface area is 151 Å². The molecule has 0 aliphatic rings. The standard InChI is InChI=1S/C20H23F2NO3/c1-20(2,3)11-17(23-19(24)25)14-9-8-12(10-16(14)22)13-6-5-7-15(21)18(13)26-4/h5-10,17,23H,11H2,1-4H3,(H,24,25)/t17-/m1/s1. The number of halogens is 2. The molecular weight excluding hydrogens is 340 g/mol. The van der Waals surface area contributed by atoms with Gasteiger partial charge in [-0.25, -0.2) is 13.6 Å². The van der Waals surface area contributed by atoms with E-state index in [9.17, 15) is 13.6 Å². The van der Waals surface area contributed by atoms with E-state index < -0.39 is 23.8 Å². The summed E-state index contributed by atoms with van der Waals surface area (Å²) in [5.74, 6) is -1.06. The van der Waals surface area contributed by atoms with Crippen LogP contribution in [0.2, 0.25) is 0 Å². The third-order valence-corrected chi connectivity index (χ3v) is 3.97. The molecule has 0 unspecified atom stereocenters. The molecule has 0 bridgehead atoms. The van der Waals surface area contributed by atoms with Gasteiger partial charge in [-0.05, 0) is 29.5 Å². The van der Waals surface area contributed by atoms with Crippen molar-refractivity contribution in [1.29, 1.82) is 0 Å². The summed E-state index contributed by atoms with van der Waals surface area (Å²) >= 11 is 0. The quantitative estimate of drug-likeness (QED) is 0.749. The minimum absolute atomic E-state index is 0.0366. The highest BCUT2D eigenvalue weighted by Gasteiger charge is 2.25. The molecule has 1 atom stereocenters. The first kappa shape index (κ1) is 19.7. The van der Waals surface area contributed by atoms with Gasteiger partial charge in [-0.2, -0.15) is 0 Å². The van der Waals surface area contributed by atoms with E-state index in [1.54, 1.807) is 12.1 Å². The number of amides is 1. The lowest BCUT2D eigenvalue weighted by Crippen LogP contribution is -2.30. The van der Waals surface area contributed by atoms with E-state index in [4.69, 9.17) is 9.84 Å². The lowest BCUT2D eigenvalue weighted by atomic mass is 9.85. The molecule has 0 fully saturated rings. The lowest BCUT2D eigenvalue weighted by molar-refractivity contribution is 0.184. The summed E-state index contributed by atoms with van der Waals surface area (Å²) in [7, 11) is 1.35. The topological polar surface area (TPSA) is 58.6 Å². The maximum absolute atomic E-state index is 14.8. The van der Waals surface area contributed by atoms with Crippen molar-refractivity contribution in [3.8, 4) is 16.9 Å². The van der Waals surface area contributed by atoms with E-state index in [1.807, 2.05) is 20.8 Å². The summed E-state index contributed by atoms with van der Waals surface area (Å²) in [6, 6.07) is 8.17. The largest absolute Gasteiger partial charge is 0.493 e. The van der Waals surface area contributed by atoms with Crippen LogP contribution >= 0.6 is 0 Å². The fraction of sp³-hybridized carbons (Fsp3) is 0.350. The van der Waals surface area contributed by atoms with Gasteiger partial charge in [-0.15, -0.1) is 0 Å². The zero-order chi connectivity index (χ0) is 19.5. The van der Waals surface area contributed by atoms with Crippen LogP contribution in [-0.4, -0.2) is 18.3 Å². The average molecular weight is 363 g/mol. The van der Waals surface area contributed by atoms with Crippen LogP contribution in [0.4, 0.5) is 13.6 Å². The molecule has 0 saturated carbocycles. The number of rotatable bonds is 5. The first-order valence-corrected chi connectivity index (χ1v) is 8.24. The SMILES string of the molecule is COc1c(F)cccc1-c1ccc([C@@H](CC(C)(C)C)NC(=O)O)c(F)c1. The normalized spacial score (nSPS) is 12.5. The van der Waals surface area contributed by atoms with Crippen LogP contribution in [0.25, 0.3) is 11.1 Å². The Hall–Kier alpha value is -2.63. The number of nitrogens with one attached hydrogen (secondary N) is 1. The number of benzene rings is 2. The molecule has 0 saturated heterocycles. The fourth-order valence-corrected chi connectivity index (χ4v) is 2.92. The number of para-hydroxylation sites is 1. The molecule has 26 heavy (non-hydrogen) atoms. The van der Waals surface area contributed by atoms with Crippen molar-refractivity contribution in [2.24, 2.45) is 5.41 Å². The average Bonchev–Trinajstić information content (AvgIpc) is 2.52. The van der Waals surface area contributed by atoms with Crippen LogP contribution in [0.1, 0.15) is 38.8 Å². The van der Waals surface area contributed by atoms with Crippen molar-refractivity contribution in [3.63, 3.8) is 0 Å². The molecule has 0 aromatic heterocycles. The molecule has 0 radical (unpaired) electrons. The number of hydrogen-bond donors (Lipinski definition) is 2. The van der Waals surface area contributed by atoms with Gasteiger partial charge in [0.15, 0.2) is 11.6 Å². The zero-order valence-electron chi connectivity index (χ0n) is 15.3. The predicted molar refractivity (Wildman–Crippen MR) is 96.3 cm³/mol. The van der Waals surface area contributed by atoms with Crippen LogP contribution in [0.15, 0.2) is 36.4 Å². The summed E-state index contributed by atoms with van der Waals surface area (Å²) in [5, 5.41) is 11.4. The van der Waals surface area contributed by atoms with E-state index in [-0.39, 0.29) is 16.7 Å². The van der Waals surface area contributed by atoms with E-state index in [0.29, 0.717) is 17.5 Å². The number of methoxy groups -OCH3 is 1. The van der Waals surface area contributed by atoms with Gasteiger partial charge in [-0.1, -0.05) is 45.0 Å². The molecule has 4 nitrogen and oxygen atoms in total. The minimum atomic E-state index is -1.21. The van der Waals surface area contributed by atoms with Gasteiger partial charge >= 0.3 is 6.09 Å². The number of carboxylic acid groups (broad SMARTS) is 1. The third-order valence-electron chi connectivity index (χ3n) is 3.97. The summed E-state index contributed by atoms with van der Waals surface area (Å²) in [6.45, 7) is 5.86. The molecule has 0 spiro atoms. The van der Waals surface area contributed by atoms with Crippen LogP contribution in [0.3, 0.4) is 0 Å². The van der Waals surface area contributed by atoms with Crippen molar-refractivity contribution < 1.29 is 23.4 Å². The second-order valence-corrected chi connectivity index (χ2v) is 7.32. The molecule has 2 rings (SSSR count). The molecule has 2 aromatic rings.